The highest BCUT2D eigenvalue weighted by Crippen LogP contribution is 2.33. The number of nitrogens with zero attached hydrogens (tertiary/aromatic N) is 3. The third-order valence-electron chi connectivity index (χ3n) is 7.22. The van der Waals surface area contributed by atoms with Crippen LogP contribution in [0.2, 0.25) is 0 Å². The molecule has 0 spiro atoms. The van der Waals surface area contributed by atoms with Crippen LogP contribution in [0.15, 0.2) is 91.1 Å². The van der Waals surface area contributed by atoms with E-state index in [0.29, 0.717) is 42.5 Å². The molecule has 1 fully saturated rings. The smallest absolute Gasteiger partial charge is 0.258 e. The van der Waals surface area contributed by atoms with Gasteiger partial charge >= 0.3 is 0 Å². The maximum absolute atomic E-state index is 14.1. The molecule has 3 aromatic carbocycles. The number of nitrogens with one attached hydrogen (secondary N) is 1. The number of methoxy groups -OCH3 is 1. The first-order valence-corrected chi connectivity index (χ1v) is 13.5. The molecular formula is C32H34N4O3. The second-order valence-corrected chi connectivity index (χ2v) is 9.77. The summed E-state index contributed by atoms with van der Waals surface area (Å²) in [4.78, 5) is 25.2. The molecule has 2 atom stereocenters. The Labute approximate surface area is 229 Å². The van der Waals surface area contributed by atoms with E-state index in [9.17, 15) is 9.90 Å². The van der Waals surface area contributed by atoms with Gasteiger partial charge in [-0.2, -0.15) is 0 Å². The number of hydrogen-bond acceptors (Lipinski definition) is 6. The van der Waals surface area contributed by atoms with Gasteiger partial charge in [0.15, 0.2) is 0 Å². The average Bonchev–Trinajstić information content (AvgIpc) is 3.01. The molecule has 5 rings (SSSR count). The van der Waals surface area contributed by atoms with Crippen LogP contribution >= 0.6 is 0 Å². The molecule has 1 amide bonds. The summed E-state index contributed by atoms with van der Waals surface area (Å²) < 4.78 is 5.35. The fourth-order valence-electron chi connectivity index (χ4n) is 5.14. The summed E-state index contributed by atoms with van der Waals surface area (Å²) in [6.45, 7) is 1.24. The van der Waals surface area contributed by atoms with Crippen molar-refractivity contribution in [1.82, 2.24) is 14.9 Å². The van der Waals surface area contributed by atoms with E-state index in [1.54, 1.807) is 18.2 Å². The first-order valence-electron chi connectivity index (χ1n) is 13.5. The van der Waals surface area contributed by atoms with Crippen LogP contribution in [-0.4, -0.2) is 52.1 Å². The van der Waals surface area contributed by atoms with Crippen molar-refractivity contribution in [3.05, 3.63) is 108 Å². The summed E-state index contributed by atoms with van der Waals surface area (Å²) in [5.74, 6) is 0.986. The zero-order valence-electron chi connectivity index (χ0n) is 22.2. The summed E-state index contributed by atoms with van der Waals surface area (Å²) in [6, 6.07) is 27.0. The fourth-order valence-corrected chi connectivity index (χ4v) is 5.14. The van der Waals surface area contributed by atoms with Gasteiger partial charge in [-0.25, -0.2) is 9.97 Å². The van der Waals surface area contributed by atoms with Gasteiger partial charge in [0.2, 0.25) is 5.95 Å². The average molecular weight is 523 g/mol. The highest BCUT2D eigenvalue weighted by atomic mass is 16.5. The molecule has 0 aliphatic carbocycles. The minimum absolute atomic E-state index is 0.170. The highest BCUT2D eigenvalue weighted by molar-refractivity contribution is 6.00. The number of ether oxygens (including phenoxy) is 1. The summed E-state index contributed by atoms with van der Waals surface area (Å²) in [5.41, 5.74) is 3.82. The number of hydrogen-bond donors (Lipinski definition) is 2. The Balaban J connectivity index is 1.41. The first kappa shape index (κ1) is 26.4. The van der Waals surface area contributed by atoms with E-state index < -0.39 is 6.10 Å². The molecule has 7 nitrogen and oxygen atoms in total. The number of amides is 1. The fraction of sp³-hybridized carbons (Fsp3) is 0.281. The quantitative estimate of drug-likeness (QED) is 0.300. The molecular weight excluding hydrogens is 488 g/mol. The van der Waals surface area contributed by atoms with Crippen LogP contribution in [-0.2, 0) is 6.42 Å². The number of aliphatic hydroxyl groups excluding tert-OH is 1. The molecule has 0 bridgehead atoms. The van der Waals surface area contributed by atoms with Gasteiger partial charge in [-0.1, -0.05) is 72.8 Å². The molecule has 1 saturated heterocycles. The largest absolute Gasteiger partial charge is 0.497 e. The van der Waals surface area contributed by atoms with Gasteiger partial charge in [-0.15, -0.1) is 0 Å². The van der Waals surface area contributed by atoms with Crippen molar-refractivity contribution in [3.63, 3.8) is 0 Å². The number of carbonyl (C=O) groups excluding carboxylic acids is 1. The van der Waals surface area contributed by atoms with Crippen molar-refractivity contribution in [2.24, 2.45) is 0 Å². The van der Waals surface area contributed by atoms with E-state index in [-0.39, 0.29) is 11.9 Å². The number of carbonyl (C=O) groups is 1. The lowest BCUT2D eigenvalue weighted by Gasteiger charge is -2.39. The molecule has 39 heavy (non-hydrogen) atoms. The second-order valence-electron chi connectivity index (χ2n) is 9.77. The lowest BCUT2D eigenvalue weighted by molar-refractivity contribution is 0.0211. The third-order valence-corrected chi connectivity index (χ3v) is 7.22. The molecule has 0 radical (unpaired) electrons. The van der Waals surface area contributed by atoms with Crippen molar-refractivity contribution < 1.29 is 14.6 Å². The van der Waals surface area contributed by atoms with Crippen molar-refractivity contribution in [2.75, 3.05) is 25.5 Å². The maximum Gasteiger partial charge on any atom is 0.258 e. The standard InChI is InChI=1S/C32H34N4O3/c1-39-26-16-10-15-25(21-26)30(37)28-17-8-9-20-36(28)31(38)27-22-34-32(33-19-18-23-11-4-2-5-12-23)35-29(27)24-13-6-3-7-14-24/h2-7,10-16,21-22,28,30,37H,8-9,17-20H2,1H3,(H,33,34,35). The second kappa shape index (κ2) is 12.5. The minimum Gasteiger partial charge on any atom is -0.497 e. The van der Waals surface area contributed by atoms with Crippen molar-refractivity contribution in [3.8, 4) is 17.0 Å². The zero-order chi connectivity index (χ0) is 27.0. The lowest BCUT2D eigenvalue weighted by atomic mass is 9.92. The molecule has 2 heterocycles. The normalized spacial score (nSPS) is 15.9. The van der Waals surface area contributed by atoms with Crippen LogP contribution in [0.1, 0.15) is 46.9 Å². The Hall–Kier alpha value is -4.23. The van der Waals surface area contributed by atoms with Gasteiger partial charge in [0, 0.05) is 24.8 Å². The van der Waals surface area contributed by atoms with Gasteiger partial charge in [-0.05, 0) is 48.9 Å². The van der Waals surface area contributed by atoms with E-state index >= 15 is 0 Å². The number of likely N-dealkylation sites (tertiary alicyclic amines) is 1. The SMILES string of the molecule is COc1cccc(C(O)C2CCCCN2C(=O)c2cnc(NCCc3ccccc3)nc2-c2ccccc2)c1. The maximum atomic E-state index is 14.1. The molecule has 4 aromatic rings. The third kappa shape index (κ3) is 6.26. The van der Waals surface area contributed by atoms with Crippen LogP contribution < -0.4 is 10.1 Å². The van der Waals surface area contributed by atoms with Crippen molar-refractivity contribution >= 4 is 11.9 Å². The first-order chi connectivity index (χ1) is 19.1. The topological polar surface area (TPSA) is 87.6 Å². The van der Waals surface area contributed by atoms with Crippen molar-refractivity contribution in [2.45, 2.75) is 37.8 Å². The summed E-state index contributed by atoms with van der Waals surface area (Å²) in [6.07, 6.45) is 4.17. The van der Waals surface area contributed by atoms with Crippen LogP contribution in [0.4, 0.5) is 5.95 Å². The van der Waals surface area contributed by atoms with Gasteiger partial charge in [0.05, 0.1) is 30.5 Å². The van der Waals surface area contributed by atoms with Crippen LogP contribution in [0.5, 0.6) is 5.75 Å². The van der Waals surface area contributed by atoms with Crippen LogP contribution in [0.3, 0.4) is 0 Å². The molecule has 2 N–H and O–H groups in total. The predicted octanol–water partition coefficient (Wildman–Crippen LogP) is 5.54. The summed E-state index contributed by atoms with van der Waals surface area (Å²) in [7, 11) is 1.60. The molecule has 1 aliphatic heterocycles. The number of aromatic nitrogens is 2. The molecule has 1 aromatic heterocycles. The number of benzene rings is 3. The molecule has 0 saturated carbocycles. The van der Waals surface area contributed by atoms with Gasteiger partial charge in [0.25, 0.3) is 5.91 Å². The lowest BCUT2D eigenvalue weighted by Crippen LogP contribution is -2.47. The molecule has 1 aliphatic rings. The Morgan fingerprint density at radius 1 is 1.05 bits per heavy atom. The van der Waals surface area contributed by atoms with Crippen LogP contribution in [0, 0.1) is 0 Å². The molecule has 2 unspecified atom stereocenters. The highest BCUT2D eigenvalue weighted by Gasteiger charge is 2.35. The molecule has 7 heteroatoms. The Morgan fingerprint density at radius 3 is 2.59 bits per heavy atom. The summed E-state index contributed by atoms with van der Waals surface area (Å²) >= 11 is 0. The Bertz CT molecular complexity index is 1380. The monoisotopic (exact) mass is 522 g/mol. The van der Waals surface area contributed by atoms with E-state index in [1.165, 1.54) is 5.56 Å². The number of aliphatic hydroxyl groups is 1. The van der Waals surface area contributed by atoms with Gasteiger partial charge in [-0.3, -0.25) is 4.79 Å². The Morgan fingerprint density at radius 2 is 1.82 bits per heavy atom. The predicted molar refractivity (Wildman–Crippen MR) is 153 cm³/mol. The van der Waals surface area contributed by atoms with Crippen LogP contribution in [0.25, 0.3) is 11.3 Å². The van der Waals surface area contributed by atoms with E-state index in [1.807, 2.05) is 72.8 Å². The number of anilines is 1. The minimum atomic E-state index is -0.829. The summed E-state index contributed by atoms with van der Waals surface area (Å²) in [5, 5.41) is 14.7. The molecule has 200 valence electrons. The van der Waals surface area contributed by atoms with Crippen molar-refractivity contribution in [1.29, 1.82) is 0 Å². The van der Waals surface area contributed by atoms with E-state index in [0.717, 1.165) is 30.4 Å². The number of rotatable bonds is 9. The Kier molecular flexibility index (Phi) is 8.48. The van der Waals surface area contributed by atoms with Gasteiger partial charge in [0.1, 0.15) is 5.75 Å². The number of piperidine rings is 1. The van der Waals surface area contributed by atoms with E-state index in [4.69, 9.17) is 9.72 Å². The zero-order valence-corrected chi connectivity index (χ0v) is 22.2. The van der Waals surface area contributed by atoms with Gasteiger partial charge < -0.3 is 20.1 Å². The van der Waals surface area contributed by atoms with E-state index in [2.05, 4.69) is 22.4 Å².